The molecule has 3 aromatic carbocycles. The monoisotopic (exact) mass is 452 g/mol. The van der Waals surface area contributed by atoms with Gasteiger partial charge in [0.1, 0.15) is 31.3 Å². The number of halogens is 1. The van der Waals surface area contributed by atoms with E-state index in [9.17, 15) is 0 Å². The standard InChI is InChI=1S/C24H21BrO4/c25-20-14-18(12-17-6-7-21-22(13-17)27-11-10-26-21)23-19(8-9-28-23)24(20)29-15-16-4-2-1-3-5-16/h1-7,13-14H,8-12,15H2. The Balaban J connectivity index is 1.41. The van der Waals surface area contributed by atoms with Crippen molar-refractivity contribution in [3.8, 4) is 23.0 Å². The molecule has 0 aromatic heterocycles. The Kier molecular flexibility index (Phi) is 5.06. The third-order valence-corrected chi connectivity index (χ3v) is 5.77. The first kappa shape index (κ1) is 18.4. The van der Waals surface area contributed by atoms with Crippen molar-refractivity contribution in [2.24, 2.45) is 0 Å². The van der Waals surface area contributed by atoms with Gasteiger partial charge < -0.3 is 18.9 Å². The quantitative estimate of drug-likeness (QED) is 0.524. The summed E-state index contributed by atoms with van der Waals surface area (Å²) in [7, 11) is 0. The summed E-state index contributed by atoms with van der Waals surface area (Å²) in [6, 6.07) is 18.4. The number of fused-ring (bicyclic) bond motifs is 2. The van der Waals surface area contributed by atoms with Gasteiger partial charge >= 0.3 is 0 Å². The third kappa shape index (κ3) is 3.79. The molecular formula is C24H21BrO4. The Morgan fingerprint density at radius 3 is 2.52 bits per heavy atom. The van der Waals surface area contributed by atoms with Crippen molar-refractivity contribution in [3.05, 3.63) is 81.3 Å². The molecule has 0 radical (unpaired) electrons. The maximum absolute atomic E-state index is 6.18. The average molecular weight is 453 g/mol. The highest BCUT2D eigenvalue weighted by molar-refractivity contribution is 9.10. The van der Waals surface area contributed by atoms with Gasteiger partial charge in [-0.3, -0.25) is 0 Å². The smallest absolute Gasteiger partial charge is 0.161 e. The molecule has 0 N–H and O–H groups in total. The zero-order valence-corrected chi connectivity index (χ0v) is 17.5. The second-order valence-electron chi connectivity index (χ2n) is 7.18. The highest BCUT2D eigenvalue weighted by atomic mass is 79.9. The zero-order valence-electron chi connectivity index (χ0n) is 15.9. The van der Waals surface area contributed by atoms with Gasteiger partial charge in [-0.2, -0.15) is 0 Å². The lowest BCUT2D eigenvalue weighted by molar-refractivity contribution is 0.171. The maximum Gasteiger partial charge on any atom is 0.161 e. The largest absolute Gasteiger partial charge is 0.493 e. The molecule has 0 spiro atoms. The first-order chi connectivity index (χ1) is 14.3. The summed E-state index contributed by atoms with van der Waals surface area (Å²) in [5.74, 6) is 3.46. The molecule has 0 atom stereocenters. The Morgan fingerprint density at radius 2 is 1.66 bits per heavy atom. The van der Waals surface area contributed by atoms with E-state index in [4.69, 9.17) is 18.9 Å². The molecule has 2 heterocycles. The lowest BCUT2D eigenvalue weighted by Gasteiger charge is -2.19. The minimum atomic E-state index is 0.535. The van der Waals surface area contributed by atoms with Gasteiger partial charge in [0.15, 0.2) is 11.5 Å². The molecule has 2 aliphatic rings. The van der Waals surface area contributed by atoms with E-state index < -0.39 is 0 Å². The molecule has 2 aliphatic heterocycles. The van der Waals surface area contributed by atoms with E-state index in [0.717, 1.165) is 62.6 Å². The van der Waals surface area contributed by atoms with Crippen molar-refractivity contribution in [1.82, 2.24) is 0 Å². The Labute approximate surface area is 178 Å². The van der Waals surface area contributed by atoms with Crippen LogP contribution in [-0.4, -0.2) is 19.8 Å². The van der Waals surface area contributed by atoms with Crippen LogP contribution in [0.4, 0.5) is 0 Å². The van der Waals surface area contributed by atoms with Gasteiger partial charge in [-0.05, 0) is 45.3 Å². The van der Waals surface area contributed by atoms with Crippen LogP contribution in [0.15, 0.2) is 59.1 Å². The first-order valence-electron chi connectivity index (χ1n) is 9.80. The summed E-state index contributed by atoms with van der Waals surface area (Å²) in [5, 5.41) is 0. The van der Waals surface area contributed by atoms with E-state index >= 15 is 0 Å². The fraction of sp³-hybridized carbons (Fsp3) is 0.250. The predicted octanol–water partition coefficient (Wildman–Crippen LogP) is 5.33. The molecule has 0 saturated carbocycles. The van der Waals surface area contributed by atoms with Crippen LogP contribution in [0.25, 0.3) is 0 Å². The predicted molar refractivity (Wildman–Crippen MR) is 114 cm³/mol. The number of hydrogen-bond donors (Lipinski definition) is 0. The fourth-order valence-corrected chi connectivity index (χ4v) is 4.45. The van der Waals surface area contributed by atoms with Gasteiger partial charge in [-0.25, -0.2) is 0 Å². The SMILES string of the molecule is Brc1cc(Cc2ccc3c(c2)OCCO3)c2c(c1OCc1ccccc1)CCO2. The summed E-state index contributed by atoms with van der Waals surface area (Å²) in [6.45, 7) is 2.41. The Morgan fingerprint density at radius 1 is 0.828 bits per heavy atom. The van der Waals surface area contributed by atoms with Gasteiger partial charge in [0.05, 0.1) is 11.1 Å². The minimum Gasteiger partial charge on any atom is -0.493 e. The van der Waals surface area contributed by atoms with Gasteiger partial charge in [0.25, 0.3) is 0 Å². The van der Waals surface area contributed by atoms with Crippen LogP contribution in [0.2, 0.25) is 0 Å². The molecule has 0 saturated heterocycles. The molecule has 29 heavy (non-hydrogen) atoms. The summed E-state index contributed by atoms with van der Waals surface area (Å²) in [4.78, 5) is 0. The van der Waals surface area contributed by atoms with Gasteiger partial charge in [-0.1, -0.05) is 36.4 Å². The molecule has 0 fully saturated rings. The highest BCUT2D eigenvalue weighted by Gasteiger charge is 2.24. The van der Waals surface area contributed by atoms with Crippen molar-refractivity contribution in [3.63, 3.8) is 0 Å². The van der Waals surface area contributed by atoms with Gasteiger partial charge in [0, 0.05) is 24.0 Å². The van der Waals surface area contributed by atoms with Crippen molar-refractivity contribution in [2.45, 2.75) is 19.4 Å². The van der Waals surface area contributed by atoms with Crippen molar-refractivity contribution >= 4 is 15.9 Å². The van der Waals surface area contributed by atoms with Crippen LogP contribution in [0, 0.1) is 0 Å². The van der Waals surface area contributed by atoms with Crippen molar-refractivity contribution in [2.75, 3.05) is 19.8 Å². The minimum absolute atomic E-state index is 0.535. The van der Waals surface area contributed by atoms with E-state index in [1.54, 1.807) is 0 Å². The van der Waals surface area contributed by atoms with Crippen molar-refractivity contribution < 1.29 is 18.9 Å². The summed E-state index contributed by atoms with van der Waals surface area (Å²) in [5.41, 5.74) is 4.60. The topological polar surface area (TPSA) is 36.9 Å². The average Bonchev–Trinajstić information content (AvgIpc) is 3.24. The van der Waals surface area contributed by atoms with Gasteiger partial charge in [0.2, 0.25) is 0 Å². The highest BCUT2D eigenvalue weighted by Crippen LogP contribution is 2.43. The normalized spacial score (nSPS) is 14.2. The van der Waals surface area contributed by atoms with E-state index in [1.165, 1.54) is 0 Å². The lowest BCUT2D eigenvalue weighted by atomic mass is 10.00. The summed E-state index contributed by atoms with van der Waals surface area (Å²) < 4.78 is 24.5. The second kappa shape index (κ2) is 7.99. The third-order valence-electron chi connectivity index (χ3n) is 5.18. The van der Waals surface area contributed by atoms with E-state index in [2.05, 4.69) is 46.3 Å². The molecule has 0 aliphatic carbocycles. The first-order valence-corrected chi connectivity index (χ1v) is 10.6. The van der Waals surface area contributed by atoms with Crippen LogP contribution >= 0.6 is 15.9 Å². The molecular weight excluding hydrogens is 432 g/mol. The van der Waals surface area contributed by atoms with Crippen LogP contribution in [0.3, 0.4) is 0 Å². The second-order valence-corrected chi connectivity index (χ2v) is 8.04. The molecule has 0 bridgehead atoms. The maximum atomic E-state index is 6.18. The van der Waals surface area contributed by atoms with Crippen LogP contribution in [0.5, 0.6) is 23.0 Å². The Bertz CT molecular complexity index is 1030. The van der Waals surface area contributed by atoms with E-state index in [0.29, 0.717) is 26.4 Å². The molecule has 0 unspecified atom stereocenters. The molecule has 148 valence electrons. The molecule has 4 nitrogen and oxygen atoms in total. The lowest BCUT2D eigenvalue weighted by Crippen LogP contribution is -2.15. The fourth-order valence-electron chi connectivity index (χ4n) is 3.82. The molecule has 3 aromatic rings. The van der Waals surface area contributed by atoms with Crippen LogP contribution in [-0.2, 0) is 19.4 Å². The van der Waals surface area contributed by atoms with Crippen molar-refractivity contribution in [1.29, 1.82) is 0 Å². The van der Waals surface area contributed by atoms with E-state index in [1.807, 2.05) is 24.3 Å². The summed E-state index contributed by atoms with van der Waals surface area (Å²) in [6.07, 6.45) is 1.61. The number of hydrogen-bond acceptors (Lipinski definition) is 4. The number of ether oxygens (including phenoxy) is 4. The Hall–Kier alpha value is -2.66. The van der Waals surface area contributed by atoms with Gasteiger partial charge in [-0.15, -0.1) is 0 Å². The van der Waals surface area contributed by atoms with Crippen LogP contribution in [0.1, 0.15) is 22.3 Å². The molecule has 0 amide bonds. The number of rotatable bonds is 5. The van der Waals surface area contributed by atoms with Crippen LogP contribution < -0.4 is 18.9 Å². The molecule has 5 rings (SSSR count). The molecule has 5 heteroatoms. The number of benzene rings is 3. The summed E-state index contributed by atoms with van der Waals surface area (Å²) >= 11 is 3.72. The van der Waals surface area contributed by atoms with E-state index in [-0.39, 0.29) is 0 Å². The zero-order chi connectivity index (χ0) is 19.6.